The second-order valence-electron chi connectivity index (χ2n) is 4.46. The molecule has 84 valence electrons. The highest BCUT2D eigenvalue weighted by atomic mass is 16.5. The van der Waals surface area contributed by atoms with Gasteiger partial charge in [0.05, 0.1) is 11.7 Å². The highest BCUT2D eigenvalue weighted by Gasteiger charge is 2.18. The highest BCUT2D eigenvalue weighted by Crippen LogP contribution is 2.23. The van der Waals surface area contributed by atoms with Crippen molar-refractivity contribution in [2.24, 2.45) is 0 Å². The van der Waals surface area contributed by atoms with E-state index in [0.29, 0.717) is 6.42 Å². The van der Waals surface area contributed by atoms with Crippen molar-refractivity contribution in [3.8, 4) is 0 Å². The van der Waals surface area contributed by atoms with E-state index in [1.165, 1.54) is 0 Å². The van der Waals surface area contributed by atoms with Gasteiger partial charge in [0.25, 0.3) is 0 Å². The molecule has 0 aliphatic carbocycles. The third-order valence-electron chi connectivity index (χ3n) is 2.69. The predicted octanol–water partition coefficient (Wildman–Crippen LogP) is 2.49. The number of hydrogen-bond acceptors (Lipinski definition) is 2. The van der Waals surface area contributed by atoms with Crippen molar-refractivity contribution in [2.75, 3.05) is 7.11 Å². The third-order valence-corrected chi connectivity index (χ3v) is 2.69. The van der Waals surface area contributed by atoms with Gasteiger partial charge in [0.15, 0.2) is 0 Å². The summed E-state index contributed by atoms with van der Waals surface area (Å²) >= 11 is 0. The zero-order valence-corrected chi connectivity index (χ0v) is 9.95. The van der Waals surface area contributed by atoms with E-state index in [9.17, 15) is 5.11 Å². The largest absolute Gasteiger partial charge is 0.393 e. The molecule has 0 aliphatic heterocycles. The van der Waals surface area contributed by atoms with Crippen LogP contribution in [0.4, 0.5) is 0 Å². The summed E-state index contributed by atoms with van der Waals surface area (Å²) < 4.78 is 5.40. The van der Waals surface area contributed by atoms with Crippen LogP contribution in [0.3, 0.4) is 0 Å². The van der Waals surface area contributed by atoms with Crippen LogP contribution in [0.25, 0.3) is 0 Å². The lowest BCUT2D eigenvalue weighted by Gasteiger charge is -2.23. The van der Waals surface area contributed by atoms with Crippen LogP contribution in [0.15, 0.2) is 24.3 Å². The van der Waals surface area contributed by atoms with Gasteiger partial charge in [0.2, 0.25) is 0 Å². The van der Waals surface area contributed by atoms with Crippen molar-refractivity contribution in [2.45, 2.75) is 38.9 Å². The zero-order chi connectivity index (χ0) is 11.5. The van der Waals surface area contributed by atoms with E-state index in [-0.39, 0.29) is 11.7 Å². The smallest absolute Gasteiger partial charge is 0.0871 e. The topological polar surface area (TPSA) is 29.5 Å². The van der Waals surface area contributed by atoms with Crippen molar-refractivity contribution in [3.05, 3.63) is 35.4 Å². The quantitative estimate of drug-likeness (QED) is 0.823. The van der Waals surface area contributed by atoms with Crippen molar-refractivity contribution < 1.29 is 9.84 Å². The summed E-state index contributed by atoms with van der Waals surface area (Å²) in [6.45, 7) is 5.88. The molecule has 2 nitrogen and oxygen atoms in total. The minimum Gasteiger partial charge on any atom is -0.393 e. The van der Waals surface area contributed by atoms with Crippen LogP contribution in [0.2, 0.25) is 0 Å². The molecule has 0 heterocycles. The molecular formula is C13H20O2. The van der Waals surface area contributed by atoms with Crippen molar-refractivity contribution in [1.82, 2.24) is 0 Å². The molecule has 2 heteroatoms. The molecule has 1 rings (SSSR count). The summed E-state index contributed by atoms with van der Waals surface area (Å²) in [6, 6.07) is 8.20. The standard InChI is InChI=1S/C13H20O2/c1-10(14)9-11-5-7-12(8-6-11)13(2,3)15-4/h5-8,10,14H,9H2,1-4H3. The molecule has 0 bridgehead atoms. The Morgan fingerprint density at radius 3 is 2.20 bits per heavy atom. The van der Waals surface area contributed by atoms with E-state index < -0.39 is 0 Å². The lowest BCUT2D eigenvalue weighted by atomic mass is 9.96. The number of ether oxygens (including phenoxy) is 1. The first-order valence-corrected chi connectivity index (χ1v) is 5.28. The fraction of sp³-hybridized carbons (Fsp3) is 0.538. The summed E-state index contributed by atoms with van der Waals surface area (Å²) in [5.74, 6) is 0. The van der Waals surface area contributed by atoms with Gasteiger partial charge in [-0.3, -0.25) is 0 Å². The normalized spacial score (nSPS) is 13.9. The Balaban J connectivity index is 2.81. The van der Waals surface area contributed by atoms with Crippen LogP contribution >= 0.6 is 0 Å². The van der Waals surface area contributed by atoms with Gasteiger partial charge < -0.3 is 9.84 Å². The van der Waals surface area contributed by atoms with Gasteiger partial charge >= 0.3 is 0 Å². The third kappa shape index (κ3) is 3.33. The number of hydrogen-bond donors (Lipinski definition) is 1. The Labute approximate surface area is 91.9 Å². The Hall–Kier alpha value is -0.860. The van der Waals surface area contributed by atoms with Gasteiger partial charge in [0, 0.05) is 7.11 Å². The second-order valence-corrected chi connectivity index (χ2v) is 4.46. The Bertz CT molecular complexity index is 299. The average molecular weight is 208 g/mol. The van der Waals surface area contributed by atoms with Crippen LogP contribution in [0.1, 0.15) is 31.9 Å². The predicted molar refractivity (Wildman–Crippen MR) is 61.9 cm³/mol. The molecule has 0 saturated carbocycles. The molecule has 1 unspecified atom stereocenters. The lowest BCUT2D eigenvalue weighted by molar-refractivity contribution is 0.0192. The molecule has 1 aromatic carbocycles. The second kappa shape index (κ2) is 4.77. The Morgan fingerprint density at radius 2 is 1.80 bits per heavy atom. The van der Waals surface area contributed by atoms with Gasteiger partial charge in [-0.25, -0.2) is 0 Å². The van der Waals surface area contributed by atoms with E-state index in [1.807, 2.05) is 26.0 Å². The highest BCUT2D eigenvalue weighted by molar-refractivity contribution is 5.26. The minimum atomic E-state index is -0.286. The molecule has 0 aromatic heterocycles. The van der Waals surface area contributed by atoms with E-state index >= 15 is 0 Å². The molecule has 1 atom stereocenters. The number of rotatable bonds is 4. The van der Waals surface area contributed by atoms with Crippen molar-refractivity contribution in [1.29, 1.82) is 0 Å². The summed E-state index contributed by atoms with van der Waals surface area (Å²) in [5.41, 5.74) is 2.06. The van der Waals surface area contributed by atoms with E-state index in [0.717, 1.165) is 11.1 Å². The SMILES string of the molecule is COC(C)(C)c1ccc(CC(C)O)cc1. The first-order chi connectivity index (χ1) is 6.95. The summed E-state index contributed by atoms with van der Waals surface area (Å²) in [5, 5.41) is 9.26. The number of benzene rings is 1. The number of methoxy groups -OCH3 is 1. The summed E-state index contributed by atoms with van der Waals surface area (Å²) in [4.78, 5) is 0. The molecule has 1 N–H and O–H groups in total. The van der Waals surface area contributed by atoms with Crippen LogP contribution in [-0.4, -0.2) is 18.3 Å². The van der Waals surface area contributed by atoms with E-state index in [4.69, 9.17) is 4.74 Å². The maximum absolute atomic E-state index is 9.26. The average Bonchev–Trinajstić information content (AvgIpc) is 2.18. The van der Waals surface area contributed by atoms with Crippen LogP contribution < -0.4 is 0 Å². The fourth-order valence-corrected chi connectivity index (χ4v) is 1.50. The van der Waals surface area contributed by atoms with Gasteiger partial charge in [-0.1, -0.05) is 24.3 Å². The maximum atomic E-state index is 9.26. The van der Waals surface area contributed by atoms with E-state index in [2.05, 4.69) is 12.1 Å². The van der Waals surface area contributed by atoms with Crippen molar-refractivity contribution in [3.63, 3.8) is 0 Å². The maximum Gasteiger partial charge on any atom is 0.0871 e. The molecule has 0 fully saturated rings. The van der Waals surface area contributed by atoms with Crippen LogP contribution in [-0.2, 0) is 16.8 Å². The van der Waals surface area contributed by atoms with Crippen LogP contribution in [0, 0.1) is 0 Å². The number of aliphatic hydroxyl groups excluding tert-OH is 1. The molecule has 0 amide bonds. The molecule has 0 saturated heterocycles. The summed E-state index contributed by atoms with van der Waals surface area (Å²) in [7, 11) is 1.71. The Morgan fingerprint density at radius 1 is 1.27 bits per heavy atom. The summed E-state index contributed by atoms with van der Waals surface area (Å²) in [6.07, 6.45) is 0.416. The van der Waals surface area contributed by atoms with Crippen LogP contribution in [0.5, 0.6) is 0 Å². The van der Waals surface area contributed by atoms with Crippen molar-refractivity contribution >= 4 is 0 Å². The van der Waals surface area contributed by atoms with Gasteiger partial charge in [-0.05, 0) is 38.3 Å². The molecular weight excluding hydrogens is 188 g/mol. The van der Waals surface area contributed by atoms with Gasteiger partial charge in [-0.15, -0.1) is 0 Å². The Kier molecular flexibility index (Phi) is 3.89. The molecule has 15 heavy (non-hydrogen) atoms. The zero-order valence-electron chi connectivity index (χ0n) is 9.95. The molecule has 1 aromatic rings. The molecule has 0 radical (unpaired) electrons. The van der Waals surface area contributed by atoms with Gasteiger partial charge in [-0.2, -0.15) is 0 Å². The fourth-order valence-electron chi connectivity index (χ4n) is 1.50. The molecule has 0 spiro atoms. The first-order valence-electron chi connectivity index (χ1n) is 5.28. The van der Waals surface area contributed by atoms with E-state index in [1.54, 1.807) is 14.0 Å². The monoisotopic (exact) mass is 208 g/mol. The number of aliphatic hydroxyl groups is 1. The lowest BCUT2D eigenvalue weighted by Crippen LogP contribution is -2.19. The van der Waals surface area contributed by atoms with Gasteiger partial charge in [0.1, 0.15) is 0 Å². The minimum absolute atomic E-state index is 0.247. The molecule has 0 aliphatic rings. The first kappa shape index (κ1) is 12.2.